The summed E-state index contributed by atoms with van der Waals surface area (Å²) in [5.74, 6) is 0.996. The Balaban J connectivity index is 3.45. The molecule has 0 aliphatic rings. The van der Waals surface area contributed by atoms with E-state index < -0.39 is 0 Å². The second kappa shape index (κ2) is 5.52. The highest BCUT2D eigenvalue weighted by molar-refractivity contribution is 5.51. The third-order valence-electron chi connectivity index (χ3n) is 3.30. The average Bonchev–Trinajstić information content (AvgIpc) is 2.26. The van der Waals surface area contributed by atoms with Gasteiger partial charge in [0.25, 0.3) is 0 Å². The summed E-state index contributed by atoms with van der Waals surface area (Å²) in [6, 6.07) is 2.22. The zero-order valence-corrected chi connectivity index (χ0v) is 12.0. The quantitative estimate of drug-likeness (QED) is 0.812. The van der Waals surface area contributed by atoms with E-state index in [0.29, 0.717) is 0 Å². The minimum atomic E-state index is 0.171. The first-order valence-corrected chi connectivity index (χ1v) is 5.92. The van der Waals surface area contributed by atoms with Crippen molar-refractivity contribution in [1.29, 1.82) is 0 Å². The number of hydrogen-bond acceptors (Lipinski definition) is 3. The van der Waals surface area contributed by atoms with Crippen LogP contribution in [-0.4, -0.2) is 33.2 Å². The van der Waals surface area contributed by atoms with Crippen LogP contribution in [-0.2, 0) is 0 Å². The minimum Gasteiger partial charge on any atom is -0.496 e. The molecule has 96 valence electrons. The molecule has 0 amide bonds. The van der Waals surface area contributed by atoms with Gasteiger partial charge in [-0.2, -0.15) is 0 Å². The lowest BCUT2D eigenvalue weighted by Crippen LogP contribution is -2.32. The van der Waals surface area contributed by atoms with Crippen molar-refractivity contribution in [2.24, 2.45) is 0 Å². The number of rotatable bonds is 4. The molecule has 0 fully saturated rings. The first kappa shape index (κ1) is 14.0. The van der Waals surface area contributed by atoms with Gasteiger partial charge in [-0.15, -0.1) is 0 Å². The molecule has 0 aromatic heterocycles. The third kappa shape index (κ3) is 2.61. The summed E-state index contributed by atoms with van der Waals surface area (Å²) >= 11 is 0. The first-order valence-electron chi connectivity index (χ1n) is 5.92. The summed E-state index contributed by atoms with van der Waals surface area (Å²) in [5, 5.41) is 3.33. The fourth-order valence-corrected chi connectivity index (χ4v) is 2.33. The lowest BCUT2D eigenvalue weighted by Gasteiger charge is -2.28. The van der Waals surface area contributed by atoms with Gasteiger partial charge in [-0.25, -0.2) is 0 Å². The van der Waals surface area contributed by atoms with Crippen molar-refractivity contribution in [1.82, 2.24) is 10.2 Å². The van der Waals surface area contributed by atoms with Crippen molar-refractivity contribution in [2.75, 3.05) is 28.3 Å². The van der Waals surface area contributed by atoms with Crippen LogP contribution < -0.4 is 10.1 Å². The molecule has 1 N–H and O–H groups in total. The second-order valence-electron chi connectivity index (χ2n) is 4.74. The largest absolute Gasteiger partial charge is 0.496 e. The van der Waals surface area contributed by atoms with E-state index in [2.05, 4.69) is 51.1 Å². The van der Waals surface area contributed by atoms with Gasteiger partial charge in [0.05, 0.1) is 13.3 Å². The van der Waals surface area contributed by atoms with E-state index in [4.69, 9.17) is 4.74 Å². The predicted octanol–water partition coefficient (Wildman–Crippen LogP) is 2.40. The van der Waals surface area contributed by atoms with Crippen molar-refractivity contribution in [3.8, 4) is 5.75 Å². The van der Waals surface area contributed by atoms with Crippen molar-refractivity contribution >= 4 is 0 Å². The molecule has 1 aromatic carbocycles. The van der Waals surface area contributed by atoms with Crippen LogP contribution in [0.15, 0.2) is 6.07 Å². The molecular weight excluding hydrogens is 212 g/mol. The molecule has 0 spiro atoms. The summed E-state index contributed by atoms with van der Waals surface area (Å²) in [7, 11) is 7.84. The number of methoxy groups -OCH3 is 1. The standard InChI is InChI=1S/C14H24N2O/c1-9-8-10(2)12(13(17-7)11(9)3)14(15-4)16(5)6/h8,14-15H,1-7H3. The van der Waals surface area contributed by atoms with Crippen molar-refractivity contribution < 1.29 is 4.74 Å². The Labute approximate surface area is 105 Å². The molecule has 0 bridgehead atoms. The van der Waals surface area contributed by atoms with Gasteiger partial charge >= 0.3 is 0 Å². The van der Waals surface area contributed by atoms with Gasteiger partial charge in [0, 0.05) is 5.56 Å². The Bertz CT molecular complexity index is 400. The van der Waals surface area contributed by atoms with Gasteiger partial charge in [-0.3, -0.25) is 4.90 Å². The lowest BCUT2D eigenvalue weighted by molar-refractivity contribution is 0.255. The van der Waals surface area contributed by atoms with Gasteiger partial charge in [0.1, 0.15) is 5.75 Å². The van der Waals surface area contributed by atoms with E-state index >= 15 is 0 Å². The van der Waals surface area contributed by atoms with Crippen LogP contribution in [0.1, 0.15) is 28.4 Å². The van der Waals surface area contributed by atoms with Crippen LogP contribution in [0.5, 0.6) is 5.75 Å². The fraction of sp³-hybridized carbons (Fsp3) is 0.571. The summed E-state index contributed by atoms with van der Waals surface area (Å²) in [6.45, 7) is 6.37. The number of nitrogens with zero attached hydrogens (tertiary/aromatic N) is 1. The molecule has 0 saturated heterocycles. The minimum absolute atomic E-state index is 0.171. The van der Waals surface area contributed by atoms with E-state index in [-0.39, 0.29) is 6.17 Å². The zero-order valence-electron chi connectivity index (χ0n) is 12.0. The Hall–Kier alpha value is -1.06. The molecule has 1 unspecified atom stereocenters. The number of hydrogen-bond donors (Lipinski definition) is 1. The van der Waals surface area contributed by atoms with E-state index in [1.165, 1.54) is 22.3 Å². The average molecular weight is 236 g/mol. The Morgan fingerprint density at radius 2 is 1.76 bits per heavy atom. The van der Waals surface area contributed by atoms with Crippen LogP contribution in [0.2, 0.25) is 0 Å². The highest BCUT2D eigenvalue weighted by atomic mass is 16.5. The summed E-state index contributed by atoms with van der Waals surface area (Å²) in [6.07, 6.45) is 0.171. The smallest absolute Gasteiger partial charge is 0.128 e. The second-order valence-corrected chi connectivity index (χ2v) is 4.74. The normalized spacial score (nSPS) is 12.9. The van der Waals surface area contributed by atoms with Crippen LogP contribution in [0, 0.1) is 20.8 Å². The van der Waals surface area contributed by atoms with Gasteiger partial charge in [0.2, 0.25) is 0 Å². The van der Waals surface area contributed by atoms with Crippen molar-refractivity contribution in [3.63, 3.8) is 0 Å². The third-order valence-corrected chi connectivity index (χ3v) is 3.30. The number of benzene rings is 1. The number of aryl methyl sites for hydroxylation is 2. The molecule has 0 aliphatic carbocycles. The maximum absolute atomic E-state index is 5.60. The molecule has 1 atom stereocenters. The van der Waals surface area contributed by atoms with E-state index in [9.17, 15) is 0 Å². The topological polar surface area (TPSA) is 24.5 Å². The fourth-order valence-electron chi connectivity index (χ4n) is 2.33. The molecule has 3 heteroatoms. The molecular formula is C14H24N2O. The van der Waals surface area contributed by atoms with Crippen molar-refractivity contribution in [2.45, 2.75) is 26.9 Å². The lowest BCUT2D eigenvalue weighted by atomic mass is 9.96. The maximum atomic E-state index is 5.60. The summed E-state index contributed by atoms with van der Waals surface area (Å²) in [5.41, 5.74) is 4.98. The van der Waals surface area contributed by atoms with Crippen molar-refractivity contribution in [3.05, 3.63) is 28.3 Å². The molecule has 0 heterocycles. The molecule has 0 saturated carbocycles. The molecule has 3 nitrogen and oxygen atoms in total. The molecule has 1 aromatic rings. The summed E-state index contributed by atoms with van der Waals surface area (Å²) < 4.78 is 5.60. The zero-order chi connectivity index (χ0) is 13.2. The number of nitrogens with one attached hydrogen (secondary N) is 1. The van der Waals surface area contributed by atoms with Crippen LogP contribution in [0.4, 0.5) is 0 Å². The maximum Gasteiger partial charge on any atom is 0.128 e. The Kier molecular flexibility index (Phi) is 4.54. The highest BCUT2D eigenvalue weighted by Gasteiger charge is 2.21. The number of ether oxygens (including phenoxy) is 1. The van der Waals surface area contributed by atoms with Gasteiger partial charge in [-0.05, 0) is 58.6 Å². The monoisotopic (exact) mass is 236 g/mol. The van der Waals surface area contributed by atoms with Gasteiger partial charge < -0.3 is 10.1 Å². The van der Waals surface area contributed by atoms with Gasteiger partial charge in [0.15, 0.2) is 0 Å². The first-order chi connectivity index (χ1) is 7.93. The molecule has 1 rings (SSSR count). The summed E-state index contributed by atoms with van der Waals surface area (Å²) in [4.78, 5) is 2.15. The molecule has 17 heavy (non-hydrogen) atoms. The molecule has 0 aliphatic heterocycles. The predicted molar refractivity (Wildman–Crippen MR) is 72.7 cm³/mol. The SMILES string of the molecule is CNC(c1c(C)cc(C)c(C)c1OC)N(C)C. The van der Waals surface area contributed by atoms with E-state index in [1.807, 2.05) is 7.05 Å². The highest BCUT2D eigenvalue weighted by Crippen LogP contribution is 2.34. The van der Waals surface area contributed by atoms with Crippen LogP contribution in [0.3, 0.4) is 0 Å². The van der Waals surface area contributed by atoms with E-state index in [1.54, 1.807) is 7.11 Å². The van der Waals surface area contributed by atoms with Gasteiger partial charge in [-0.1, -0.05) is 6.07 Å². The Morgan fingerprint density at radius 1 is 1.18 bits per heavy atom. The molecule has 0 radical (unpaired) electrons. The van der Waals surface area contributed by atoms with Crippen LogP contribution in [0.25, 0.3) is 0 Å². The van der Waals surface area contributed by atoms with E-state index in [0.717, 1.165) is 5.75 Å². The van der Waals surface area contributed by atoms with Crippen LogP contribution >= 0.6 is 0 Å². The Morgan fingerprint density at radius 3 is 2.18 bits per heavy atom.